The number of hydrogen-bond acceptors (Lipinski definition) is 4. The van der Waals surface area contributed by atoms with Gasteiger partial charge in [-0.05, 0) is 135 Å². The lowest BCUT2D eigenvalue weighted by Gasteiger charge is -2.30. The molecule has 0 N–H and O–H groups in total. The summed E-state index contributed by atoms with van der Waals surface area (Å²) >= 11 is 1.87. The lowest BCUT2D eigenvalue weighted by Crippen LogP contribution is -2.13. The molecule has 0 bridgehead atoms. The van der Waals surface area contributed by atoms with Crippen molar-refractivity contribution in [3.05, 3.63) is 255 Å². The lowest BCUT2D eigenvalue weighted by molar-refractivity contribution is 0.669. The molecule has 0 aliphatic rings. The van der Waals surface area contributed by atoms with E-state index in [9.17, 15) is 0 Å². The van der Waals surface area contributed by atoms with Crippen LogP contribution in [-0.4, -0.2) is 0 Å². The molecule has 13 rings (SSSR count). The second kappa shape index (κ2) is 16.6. The second-order valence-electron chi connectivity index (χ2n) is 17.3. The van der Waals surface area contributed by atoms with Gasteiger partial charge in [0.05, 0.1) is 0 Å². The maximum Gasteiger partial charge on any atom is 0.135 e. The Morgan fingerprint density at radius 3 is 1.46 bits per heavy atom. The number of rotatable bonds is 9. The Morgan fingerprint density at radius 2 is 0.779 bits per heavy atom. The number of fused-ring (bicyclic) bond motifs is 8. The van der Waals surface area contributed by atoms with Crippen LogP contribution in [0, 0.1) is 0 Å². The SMILES string of the molecule is c1ccc(-c2ccc(N(c3ccccc3)c3cc(-c4ccc5c(c4)sc4ccc6ccccc6c45)cc(N(c4ccc(-c5ccccc5)cc4)c4ccc5oc6ccccc6c5c4)c3)cc2)cc1. The molecular formula is C64H42N2OS. The van der Waals surface area contributed by atoms with Crippen molar-refractivity contribution >= 4 is 98.3 Å². The minimum absolute atomic E-state index is 0.863. The van der Waals surface area contributed by atoms with E-state index in [1.165, 1.54) is 53.2 Å². The summed E-state index contributed by atoms with van der Waals surface area (Å²) in [5, 5.41) is 7.33. The van der Waals surface area contributed by atoms with Crippen molar-refractivity contribution in [1.82, 2.24) is 0 Å². The molecule has 2 heterocycles. The van der Waals surface area contributed by atoms with Crippen LogP contribution in [0.4, 0.5) is 34.1 Å². The molecule has 4 heteroatoms. The summed E-state index contributed by atoms with van der Waals surface area (Å²) in [6.07, 6.45) is 0. The van der Waals surface area contributed by atoms with Gasteiger partial charge in [-0.25, -0.2) is 0 Å². The van der Waals surface area contributed by atoms with Crippen LogP contribution in [0.25, 0.3) is 86.3 Å². The first-order valence-corrected chi connectivity index (χ1v) is 23.9. The van der Waals surface area contributed by atoms with Crippen LogP contribution in [0.5, 0.6) is 0 Å². The van der Waals surface area contributed by atoms with Crippen molar-refractivity contribution in [3.8, 4) is 33.4 Å². The van der Waals surface area contributed by atoms with E-state index >= 15 is 0 Å². The van der Waals surface area contributed by atoms with E-state index < -0.39 is 0 Å². The first-order valence-electron chi connectivity index (χ1n) is 23.1. The Morgan fingerprint density at radius 1 is 0.265 bits per heavy atom. The quantitative estimate of drug-likeness (QED) is 0.144. The minimum Gasteiger partial charge on any atom is -0.456 e. The average molecular weight is 887 g/mol. The zero-order chi connectivity index (χ0) is 45.0. The predicted octanol–water partition coefficient (Wildman–Crippen LogP) is 19.0. The summed E-state index contributed by atoms with van der Waals surface area (Å²) in [4.78, 5) is 4.78. The van der Waals surface area contributed by atoms with Crippen LogP contribution >= 0.6 is 11.3 Å². The van der Waals surface area contributed by atoms with Gasteiger partial charge in [0.2, 0.25) is 0 Å². The maximum absolute atomic E-state index is 6.38. The number of thiophene rings is 1. The van der Waals surface area contributed by atoms with Crippen LogP contribution in [-0.2, 0) is 0 Å². The third kappa shape index (κ3) is 7.07. The van der Waals surface area contributed by atoms with E-state index in [2.05, 4.69) is 252 Å². The highest BCUT2D eigenvalue weighted by Crippen LogP contribution is 2.46. The van der Waals surface area contributed by atoms with E-state index in [1.54, 1.807) is 0 Å². The second-order valence-corrected chi connectivity index (χ2v) is 18.4. The van der Waals surface area contributed by atoms with E-state index in [0.29, 0.717) is 0 Å². The van der Waals surface area contributed by atoms with Crippen molar-refractivity contribution in [2.24, 2.45) is 0 Å². The predicted molar refractivity (Wildman–Crippen MR) is 290 cm³/mol. The van der Waals surface area contributed by atoms with Crippen LogP contribution in [0.3, 0.4) is 0 Å². The number of hydrogen-bond donors (Lipinski definition) is 0. The van der Waals surface area contributed by atoms with Gasteiger partial charge in [0.15, 0.2) is 0 Å². The number of nitrogens with zero attached hydrogens (tertiary/aromatic N) is 2. The highest BCUT2D eigenvalue weighted by molar-refractivity contribution is 7.26. The minimum atomic E-state index is 0.863. The van der Waals surface area contributed by atoms with Crippen molar-refractivity contribution in [3.63, 3.8) is 0 Å². The topological polar surface area (TPSA) is 19.6 Å². The molecule has 0 spiro atoms. The fraction of sp³-hybridized carbons (Fsp3) is 0. The van der Waals surface area contributed by atoms with Gasteiger partial charge in [-0.1, -0.05) is 164 Å². The number of benzene rings is 11. The Labute approximate surface area is 398 Å². The molecule has 0 saturated carbocycles. The largest absolute Gasteiger partial charge is 0.456 e. The Balaban J connectivity index is 1.05. The normalized spacial score (nSPS) is 11.5. The first kappa shape index (κ1) is 39.6. The summed E-state index contributed by atoms with van der Waals surface area (Å²) in [6.45, 7) is 0. The van der Waals surface area contributed by atoms with Gasteiger partial charge in [0.25, 0.3) is 0 Å². The van der Waals surface area contributed by atoms with Crippen LogP contribution in [0.15, 0.2) is 259 Å². The summed E-state index contributed by atoms with van der Waals surface area (Å²) in [7, 11) is 0. The first-order chi connectivity index (χ1) is 33.7. The molecule has 2 aromatic heterocycles. The Kier molecular flexibility index (Phi) is 9.69. The van der Waals surface area contributed by atoms with Gasteiger partial charge in [0, 0.05) is 65.1 Å². The molecule has 0 aliphatic heterocycles. The fourth-order valence-corrected chi connectivity index (χ4v) is 11.1. The molecule has 0 unspecified atom stereocenters. The molecule has 0 atom stereocenters. The van der Waals surface area contributed by atoms with Gasteiger partial charge in [-0.3, -0.25) is 0 Å². The van der Waals surface area contributed by atoms with Crippen LogP contribution in [0.2, 0.25) is 0 Å². The highest BCUT2D eigenvalue weighted by Gasteiger charge is 2.22. The summed E-state index contributed by atoms with van der Waals surface area (Å²) in [5.41, 5.74) is 15.0. The smallest absolute Gasteiger partial charge is 0.135 e. The third-order valence-electron chi connectivity index (χ3n) is 13.2. The molecule has 0 saturated heterocycles. The molecule has 11 aromatic carbocycles. The van der Waals surface area contributed by atoms with Gasteiger partial charge < -0.3 is 14.2 Å². The lowest BCUT2D eigenvalue weighted by atomic mass is 9.99. The van der Waals surface area contributed by atoms with E-state index in [-0.39, 0.29) is 0 Å². The Bertz CT molecular complexity index is 3950. The van der Waals surface area contributed by atoms with E-state index in [0.717, 1.165) is 67.2 Å². The van der Waals surface area contributed by atoms with Crippen molar-refractivity contribution in [2.45, 2.75) is 0 Å². The molecular weight excluding hydrogens is 845 g/mol. The standard InChI is InChI=1S/C64H42N2OS/c1-4-14-43(15-5-1)45-24-30-51(31-25-45)65(50-19-8-3-9-20-50)54-38-49(48-28-35-58-63(40-48)68-62-37-29-47-18-10-11-21-56(47)64(58)62)39-55(41-54)66(52-32-26-46(27-33-52)44-16-6-2-7-17-44)53-34-36-61-59(42-53)57-22-12-13-23-60(57)67-61/h1-42H. The molecule has 0 fully saturated rings. The van der Waals surface area contributed by atoms with Crippen molar-refractivity contribution in [2.75, 3.05) is 9.80 Å². The molecule has 68 heavy (non-hydrogen) atoms. The van der Waals surface area contributed by atoms with E-state index in [1.807, 2.05) is 23.5 Å². The number of anilines is 6. The average Bonchev–Trinajstić information content (AvgIpc) is 3.98. The zero-order valence-electron chi connectivity index (χ0n) is 37.0. The van der Waals surface area contributed by atoms with E-state index in [4.69, 9.17) is 4.42 Å². The number of para-hydroxylation sites is 2. The molecule has 3 nitrogen and oxygen atoms in total. The van der Waals surface area contributed by atoms with Gasteiger partial charge in [-0.15, -0.1) is 11.3 Å². The molecule has 320 valence electrons. The third-order valence-corrected chi connectivity index (χ3v) is 14.3. The monoisotopic (exact) mass is 886 g/mol. The van der Waals surface area contributed by atoms with Gasteiger partial charge in [-0.2, -0.15) is 0 Å². The van der Waals surface area contributed by atoms with Crippen LogP contribution in [0.1, 0.15) is 0 Å². The zero-order valence-corrected chi connectivity index (χ0v) is 37.8. The Hall–Kier alpha value is -8.70. The summed E-state index contributed by atoms with van der Waals surface area (Å²) in [5.74, 6) is 0. The maximum atomic E-state index is 6.38. The molecule has 0 aliphatic carbocycles. The molecule has 0 amide bonds. The number of furan rings is 1. The highest BCUT2D eigenvalue weighted by atomic mass is 32.1. The molecule has 13 aromatic rings. The van der Waals surface area contributed by atoms with Gasteiger partial charge in [0.1, 0.15) is 11.2 Å². The fourth-order valence-electron chi connectivity index (χ4n) is 9.94. The molecule has 0 radical (unpaired) electrons. The summed E-state index contributed by atoms with van der Waals surface area (Å²) < 4.78 is 8.95. The van der Waals surface area contributed by atoms with Gasteiger partial charge >= 0.3 is 0 Å². The van der Waals surface area contributed by atoms with Crippen LogP contribution < -0.4 is 9.80 Å². The van der Waals surface area contributed by atoms with Crippen molar-refractivity contribution in [1.29, 1.82) is 0 Å². The van der Waals surface area contributed by atoms with Crippen molar-refractivity contribution < 1.29 is 4.42 Å². The summed E-state index contributed by atoms with van der Waals surface area (Å²) in [6, 6.07) is 92.1.